The highest BCUT2D eigenvalue weighted by Crippen LogP contribution is 2.32. The Kier molecular flexibility index (Phi) is 3.06. The van der Waals surface area contributed by atoms with E-state index in [1.807, 2.05) is 0 Å². The van der Waals surface area contributed by atoms with Crippen molar-refractivity contribution in [1.82, 2.24) is 5.32 Å². The molecule has 1 heterocycles. The van der Waals surface area contributed by atoms with Crippen LogP contribution in [0.25, 0.3) is 0 Å². The van der Waals surface area contributed by atoms with Crippen molar-refractivity contribution in [3.05, 3.63) is 0 Å². The van der Waals surface area contributed by atoms with Gasteiger partial charge in [0.15, 0.2) is 0 Å². The van der Waals surface area contributed by atoms with Gasteiger partial charge in [-0.25, -0.2) is 0 Å². The van der Waals surface area contributed by atoms with Crippen molar-refractivity contribution in [3.63, 3.8) is 0 Å². The van der Waals surface area contributed by atoms with E-state index in [4.69, 9.17) is 4.74 Å². The van der Waals surface area contributed by atoms with E-state index in [-0.39, 0.29) is 12.0 Å². The van der Waals surface area contributed by atoms with Gasteiger partial charge in [-0.1, -0.05) is 12.8 Å². The lowest BCUT2D eigenvalue weighted by molar-refractivity contribution is -0.142. The summed E-state index contributed by atoms with van der Waals surface area (Å²) in [6.45, 7) is 0. The normalized spacial score (nSPS) is 33.5. The first-order chi connectivity index (χ1) is 6.81. The van der Waals surface area contributed by atoms with E-state index in [2.05, 4.69) is 5.32 Å². The molecular formula is C11H19NO2. The van der Waals surface area contributed by atoms with Gasteiger partial charge in [-0.2, -0.15) is 0 Å². The zero-order valence-electron chi connectivity index (χ0n) is 8.79. The van der Waals surface area contributed by atoms with Gasteiger partial charge in [-0.05, 0) is 31.6 Å². The largest absolute Gasteiger partial charge is 0.468 e. The summed E-state index contributed by atoms with van der Waals surface area (Å²) < 4.78 is 4.74. The SMILES string of the molecule is COC(=O)[C@@H]1CC[C@H](C2CCCC2)N1. The third kappa shape index (κ3) is 1.92. The molecule has 2 aliphatic rings. The van der Waals surface area contributed by atoms with Crippen molar-refractivity contribution in [1.29, 1.82) is 0 Å². The molecule has 0 amide bonds. The van der Waals surface area contributed by atoms with Gasteiger partial charge in [-0.3, -0.25) is 4.79 Å². The predicted molar refractivity (Wildman–Crippen MR) is 53.9 cm³/mol. The highest BCUT2D eigenvalue weighted by molar-refractivity contribution is 5.76. The van der Waals surface area contributed by atoms with Gasteiger partial charge in [0.1, 0.15) is 6.04 Å². The molecule has 0 spiro atoms. The lowest BCUT2D eigenvalue weighted by atomic mass is 9.97. The fourth-order valence-corrected chi connectivity index (χ4v) is 2.83. The van der Waals surface area contributed by atoms with Gasteiger partial charge in [-0.15, -0.1) is 0 Å². The van der Waals surface area contributed by atoms with Crippen LogP contribution < -0.4 is 5.32 Å². The molecule has 14 heavy (non-hydrogen) atoms. The summed E-state index contributed by atoms with van der Waals surface area (Å²) in [5.41, 5.74) is 0. The smallest absolute Gasteiger partial charge is 0.322 e. The lowest BCUT2D eigenvalue weighted by Gasteiger charge is -2.19. The summed E-state index contributed by atoms with van der Waals surface area (Å²) in [7, 11) is 1.47. The summed E-state index contributed by atoms with van der Waals surface area (Å²) in [6, 6.07) is 0.534. The Morgan fingerprint density at radius 3 is 2.57 bits per heavy atom. The summed E-state index contributed by atoms with van der Waals surface area (Å²) in [4.78, 5) is 11.3. The van der Waals surface area contributed by atoms with Crippen LogP contribution in [0.15, 0.2) is 0 Å². The Balaban J connectivity index is 1.84. The number of hydrogen-bond acceptors (Lipinski definition) is 3. The third-order valence-electron chi connectivity index (χ3n) is 3.64. The molecule has 2 fully saturated rings. The van der Waals surface area contributed by atoms with Gasteiger partial charge >= 0.3 is 5.97 Å². The van der Waals surface area contributed by atoms with Crippen molar-refractivity contribution in [2.75, 3.05) is 7.11 Å². The molecule has 3 heteroatoms. The molecule has 0 radical (unpaired) electrons. The number of ether oxygens (including phenoxy) is 1. The summed E-state index contributed by atoms with van der Waals surface area (Å²) >= 11 is 0. The molecule has 2 atom stereocenters. The predicted octanol–water partition coefficient (Wildman–Crippen LogP) is 1.47. The molecule has 1 saturated heterocycles. The molecule has 0 unspecified atom stereocenters. The molecule has 3 nitrogen and oxygen atoms in total. The van der Waals surface area contributed by atoms with E-state index in [1.165, 1.54) is 32.8 Å². The average molecular weight is 197 g/mol. The minimum Gasteiger partial charge on any atom is -0.468 e. The first-order valence-corrected chi connectivity index (χ1v) is 5.65. The quantitative estimate of drug-likeness (QED) is 0.681. The summed E-state index contributed by atoms with van der Waals surface area (Å²) in [5, 5.41) is 3.41. The number of carbonyl (C=O) groups excluding carboxylic acids is 1. The van der Waals surface area contributed by atoms with E-state index in [1.54, 1.807) is 0 Å². The van der Waals surface area contributed by atoms with E-state index in [0.717, 1.165) is 18.8 Å². The van der Waals surface area contributed by atoms with Crippen LogP contribution in [0.2, 0.25) is 0 Å². The van der Waals surface area contributed by atoms with Gasteiger partial charge in [0, 0.05) is 6.04 Å². The summed E-state index contributed by atoms with van der Waals surface area (Å²) in [6.07, 6.45) is 7.51. The first kappa shape index (κ1) is 9.97. The number of rotatable bonds is 2. The topological polar surface area (TPSA) is 38.3 Å². The number of nitrogens with one attached hydrogen (secondary N) is 1. The molecule has 0 aromatic rings. The van der Waals surface area contributed by atoms with Gasteiger partial charge in [0.25, 0.3) is 0 Å². The molecule has 0 bridgehead atoms. The molecule has 0 aromatic carbocycles. The van der Waals surface area contributed by atoms with Crippen molar-refractivity contribution in [2.45, 2.75) is 50.6 Å². The zero-order valence-corrected chi connectivity index (χ0v) is 8.79. The molecule has 1 N–H and O–H groups in total. The molecule has 1 aliphatic heterocycles. The maximum atomic E-state index is 11.3. The Morgan fingerprint density at radius 2 is 1.93 bits per heavy atom. The van der Waals surface area contributed by atoms with E-state index >= 15 is 0 Å². The molecule has 2 rings (SSSR count). The third-order valence-corrected chi connectivity index (χ3v) is 3.64. The number of esters is 1. The average Bonchev–Trinajstić information content (AvgIpc) is 2.86. The number of hydrogen-bond donors (Lipinski definition) is 1. The van der Waals surface area contributed by atoms with Crippen molar-refractivity contribution >= 4 is 5.97 Å². The maximum absolute atomic E-state index is 11.3. The van der Waals surface area contributed by atoms with Gasteiger partial charge in [0.05, 0.1) is 7.11 Å². The van der Waals surface area contributed by atoms with E-state index < -0.39 is 0 Å². The van der Waals surface area contributed by atoms with Crippen LogP contribution in [0.1, 0.15) is 38.5 Å². The lowest BCUT2D eigenvalue weighted by Crippen LogP contribution is -2.39. The standard InChI is InChI=1S/C11H19NO2/c1-14-11(13)10-7-6-9(12-10)8-4-2-3-5-8/h8-10,12H,2-7H2,1H3/t9-,10+/m1/s1. The van der Waals surface area contributed by atoms with Crippen molar-refractivity contribution < 1.29 is 9.53 Å². The van der Waals surface area contributed by atoms with Crippen LogP contribution >= 0.6 is 0 Å². The number of methoxy groups -OCH3 is 1. The second-order valence-corrected chi connectivity index (χ2v) is 4.47. The van der Waals surface area contributed by atoms with Crippen LogP contribution in [-0.2, 0) is 9.53 Å². The van der Waals surface area contributed by atoms with Crippen molar-refractivity contribution in [3.8, 4) is 0 Å². The van der Waals surface area contributed by atoms with Crippen molar-refractivity contribution in [2.24, 2.45) is 5.92 Å². The Bertz CT molecular complexity index is 211. The highest BCUT2D eigenvalue weighted by Gasteiger charge is 2.34. The second kappa shape index (κ2) is 4.30. The number of carbonyl (C=O) groups is 1. The Hall–Kier alpha value is -0.570. The van der Waals surface area contributed by atoms with E-state index in [0.29, 0.717) is 6.04 Å². The van der Waals surface area contributed by atoms with Crippen LogP contribution in [0.5, 0.6) is 0 Å². The molecular weight excluding hydrogens is 178 g/mol. The minimum absolute atomic E-state index is 0.0365. The monoisotopic (exact) mass is 197 g/mol. The Labute approximate surface area is 85.2 Å². The molecule has 1 aliphatic carbocycles. The van der Waals surface area contributed by atoms with Crippen LogP contribution in [0, 0.1) is 5.92 Å². The van der Waals surface area contributed by atoms with Crippen LogP contribution in [-0.4, -0.2) is 25.2 Å². The first-order valence-electron chi connectivity index (χ1n) is 5.65. The highest BCUT2D eigenvalue weighted by atomic mass is 16.5. The fraction of sp³-hybridized carbons (Fsp3) is 0.909. The summed E-state index contributed by atoms with van der Waals surface area (Å²) in [5.74, 6) is 0.718. The minimum atomic E-state index is -0.0921. The Morgan fingerprint density at radius 1 is 1.21 bits per heavy atom. The van der Waals surface area contributed by atoms with Gasteiger partial charge in [0.2, 0.25) is 0 Å². The van der Waals surface area contributed by atoms with Gasteiger partial charge < -0.3 is 10.1 Å². The zero-order chi connectivity index (χ0) is 9.97. The molecule has 1 saturated carbocycles. The van der Waals surface area contributed by atoms with Crippen LogP contribution in [0.3, 0.4) is 0 Å². The molecule has 0 aromatic heterocycles. The fourth-order valence-electron chi connectivity index (χ4n) is 2.83. The van der Waals surface area contributed by atoms with E-state index in [9.17, 15) is 4.79 Å². The van der Waals surface area contributed by atoms with Crippen LogP contribution in [0.4, 0.5) is 0 Å². The maximum Gasteiger partial charge on any atom is 0.322 e. The molecule has 80 valence electrons. The second-order valence-electron chi connectivity index (χ2n) is 4.47.